The van der Waals surface area contributed by atoms with Crippen LogP contribution in [-0.2, 0) is 9.84 Å². The monoisotopic (exact) mass is 220 g/mol. The summed E-state index contributed by atoms with van der Waals surface area (Å²) in [6.45, 7) is 1.75. The van der Waals surface area contributed by atoms with Crippen molar-refractivity contribution in [3.05, 3.63) is 0 Å². The zero-order valence-electron chi connectivity index (χ0n) is 8.99. The SMILES string of the molecule is CC(O)(CCS(C)(=O)=O)CC1CCC1. The molecule has 0 amide bonds. The van der Waals surface area contributed by atoms with Gasteiger partial charge in [-0.05, 0) is 25.7 Å². The van der Waals surface area contributed by atoms with Gasteiger partial charge in [-0.25, -0.2) is 8.42 Å². The smallest absolute Gasteiger partial charge is 0.147 e. The molecule has 3 nitrogen and oxygen atoms in total. The number of hydrogen-bond donors (Lipinski definition) is 1. The van der Waals surface area contributed by atoms with E-state index in [1.165, 1.54) is 25.5 Å². The highest BCUT2D eigenvalue weighted by Gasteiger charge is 2.29. The Hall–Kier alpha value is -0.0900. The van der Waals surface area contributed by atoms with Crippen molar-refractivity contribution in [2.45, 2.75) is 44.6 Å². The second-order valence-electron chi connectivity index (χ2n) is 4.88. The number of sulfone groups is 1. The quantitative estimate of drug-likeness (QED) is 0.761. The molecule has 4 heteroatoms. The van der Waals surface area contributed by atoms with E-state index in [2.05, 4.69) is 0 Å². The van der Waals surface area contributed by atoms with Crippen LogP contribution < -0.4 is 0 Å². The van der Waals surface area contributed by atoms with Gasteiger partial charge in [-0.15, -0.1) is 0 Å². The average Bonchev–Trinajstić information content (AvgIpc) is 1.93. The maximum Gasteiger partial charge on any atom is 0.147 e. The van der Waals surface area contributed by atoms with Crippen molar-refractivity contribution in [2.75, 3.05) is 12.0 Å². The maximum atomic E-state index is 10.9. The zero-order valence-corrected chi connectivity index (χ0v) is 9.81. The van der Waals surface area contributed by atoms with E-state index in [9.17, 15) is 13.5 Å². The predicted molar refractivity (Wildman–Crippen MR) is 56.9 cm³/mol. The molecule has 0 aromatic heterocycles. The van der Waals surface area contributed by atoms with E-state index in [1.54, 1.807) is 6.92 Å². The Kier molecular flexibility index (Phi) is 3.58. The molecule has 1 aliphatic carbocycles. The molecule has 84 valence electrons. The molecule has 0 radical (unpaired) electrons. The summed E-state index contributed by atoms with van der Waals surface area (Å²) in [5, 5.41) is 9.95. The van der Waals surface area contributed by atoms with Crippen LogP contribution in [0.15, 0.2) is 0 Å². The first kappa shape index (κ1) is 12.0. The molecule has 1 atom stereocenters. The van der Waals surface area contributed by atoms with Gasteiger partial charge in [0, 0.05) is 6.26 Å². The summed E-state index contributed by atoms with van der Waals surface area (Å²) in [6, 6.07) is 0. The van der Waals surface area contributed by atoms with Crippen LogP contribution in [0.4, 0.5) is 0 Å². The zero-order chi connectivity index (χ0) is 10.8. The molecular weight excluding hydrogens is 200 g/mol. The molecule has 1 aliphatic rings. The van der Waals surface area contributed by atoms with Crippen molar-refractivity contribution >= 4 is 9.84 Å². The van der Waals surface area contributed by atoms with Gasteiger partial charge in [-0.1, -0.05) is 19.3 Å². The molecule has 0 saturated heterocycles. The standard InChI is InChI=1S/C10H20O3S/c1-10(11,6-7-14(2,12)13)8-9-4-3-5-9/h9,11H,3-8H2,1-2H3. The Morgan fingerprint density at radius 1 is 1.43 bits per heavy atom. The van der Waals surface area contributed by atoms with Crippen molar-refractivity contribution in [1.29, 1.82) is 0 Å². The van der Waals surface area contributed by atoms with Crippen molar-refractivity contribution in [3.63, 3.8) is 0 Å². The van der Waals surface area contributed by atoms with Crippen LogP contribution in [0.25, 0.3) is 0 Å². The normalized spacial score (nSPS) is 22.8. The molecule has 0 aliphatic heterocycles. The summed E-state index contributed by atoms with van der Waals surface area (Å²) in [7, 11) is -2.94. The lowest BCUT2D eigenvalue weighted by molar-refractivity contribution is 0.0174. The van der Waals surface area contributed by atoms with Crippen LogP contribution in [0, 0.1) is 5.92 Å². The number of hydrogen-bond acceptors (Lipinski definition) is 3. The molecule has 0 aromatic carbocycles. The fraction of sp³-hybridized carbons (Fsp3) is 1.00. The Morgan fingerprint density at radius 2 is 2.00 bits per heavy atom. The first-order valence-corrected chi connectivity index (χ1v) is 7.25. The molecule has 1 fully saturated rings. The largest absolute Gasteiger partial charge is 0.390 e. The summed E-state index contributed by atoms with van der Waals surface area (Å²) >= 11 is 0. The van der Waals surface area contributed by atoms with Gasteiger partial charge in [-0.3, -0.25) is 0 Å². The van der Waals surface area contributed by atoms with Gasteiger partial charge in [0.15, 0.2) is 0 Å². The van der Waals surface area contributed by atoms with E-state index in [-0.39, 0.29) is 5.75 Å². The van der Waals surface area contributed by atoms with Gasteiger partial charge < -0.3 is 5.11 Å². The van der Waals surface area contributed by atoms with Crippen LogP contribution in [-0.4, -0.2) is 31.1 Å². The molecule has 1 unspecified atom stereocenters. The lowest BCUT2D eigenvalue weighted by atomic mass is 9.77. The third-order valence-corrected chi connectivity index (χ3v) is 3.91. The van der Waals surface area contributed by atoms with Crippen LogP contribution in [0.3, 0.4) is 0 Å². The Morgan fingerprint density at radius 3 is 2.36 bits per heavy atom. The first-order chi connectivity index (χ1) is 6.29. The van der Waals surface area contributed by atoms with Gasteiger partial charge in [-0.2, -0.15) is 0 Å². The van der Waals surface area contributed by atoms with E-state index in [4.69, 9.17) is 0 Å². The van der Waals surface area contributed by atoms with Gasteiger partial charge in [0.05, 0.1) is 11.4 Å². The Labute approximate surface area is 86.4 Å². The Bertz CT molecular complexity index is 276. The summed E-state index contributed by atoms with van der Waals surface area (Å²) in [5.74, 6) is 0.705. The molecule has 0 heterocycles. The van der Waals surface area contributed by atoms with Crippen molar-refractivity contribution in [2.24, 2.45) is 5.92 Å². The van der Waals surface area contributed by atoms with E-state index in [0.29, 0.717) is 12.3 Å². The lowest BCUT2D eigenvalue weighted by Crippen LogP contribution is -2.32. The summed E-state index contributed by atoms with van der Waals surface area (Å²) in [4.78, 5) is 0. The highest BCUT2D eigenvalue weighted by atomic mass is 32.2. The number of aliphatic hydroxyl groups is 1. The molecular formula is C10H20O3S. The summed E-state index contributed by atoms with van der Waals surface area (Å²) in [6.07, 6.45) is 5.97. The minimum atomic E-state index is -2.94. The van der Waals surface area contributed by atoms with Gasteiger partial charge in [0.1, 0.15) is 9.84 Å². The fourth-order valence-corrected chi connectivity index (χ4v) is 2.64. The van der Waals surface area contributed by atoms with Gasteiger partial charge in [0.2, 0.25) is 0 Å². The van der Waals surface area contributed by atoms with Crippen LogP contribution in [0.5, 0.6) is 0 Å². The third kappa shape index (κ3) is 4.42. The van der Waals surface area contributed by atoms with Crippen LogP contribution >= 0.6 is 0 Å². The summed E-state index contributed by atoms with van der Waals surface area (Å²) < 4.78 is 21.9. The highest BCUT2D eigenvalue weighted by molar-refractivity contribution is 7.90. The van der Waals surface area contributed by atoms with E-state index in [0.717, 1.165) is 6.42 Å². The molecule has 0 bridgehead atoms. The minimum absolute atomic E-state index is 0.0900. The van der Waals surface area contributed by atoms with E-state index in [1.807, 2.05) is 0 Å². The van der Waals surface area contributed by atoms with E-state index < -0.39 is 15.4 Å². The second-order valence-corrected chi connectivity index (χ2v) is 7.14. The number of rotatable bonds is 5. The van der Waals surface area contributed by atoms with Crippen LogP contribution in [0.1, 0.15) is 39.0 Å². The highest BCUT2D eigenvalue weighted by Crippen LogP contribution is 2.34. The molecule has 1 rings (SSSR count). The van der Waals surface area contributed by atoms with Gasteiger partial charge >= 0.3 is 0 Å². The fourth-order valence-electron chi connectivity index (χ4n) is 1.83. The lowest BCUT2D eigenvalue weighted by Gasteiger charge is -2.33. The van der Waals surface area contributed by atoms with Crippen molar-refractivity contribution in [1.82, 2.24) is 0 Å². The third-order valence-electron chi connectivity index (χ3n) is 2.96. The summed E-state index contributed by atoms with van der Waals surface area (Å²) in [5.41, 5.74) is -0.797. The maximum absolute atomic E-state index is 10.9. The Balaban J connectivity index is 2.32. The van der Waals surface area contributed by atoms with Crippen molar-refractivity contribution < 1.29 is 13.5 Å². The van der Waals surface area contributed by atoms with Crippen LogP contribution in [0.2, 0.25) is 0 Å². The average molecular weight is 220 g/mol. The van der Waals surface area contributed by atoms with E-state index >= 15 is 0 Å². The molecule has 1 N–H and O–H groups in total. The molecule has 14 heavy (non-hydrogen) atoms. The molecule has 0 aromatic rings. The second kappa shape index (κ2) is 4.19. The molecule has 0 spiro atoms. The van der Waals surface area contributed by atoms with Crippen molar-refractivity contribution in [3.8, 4) is 0 Å². The molecule has 1 saturated carbocycles. The van der Waals surface area contributed by atoms with Gasteiger partial charge in [0.25, 0.3) is 0 Å². The topological polar surface area (TPSA) is 54.4 Å². The minimum Gasteiger partial charge on any atom is -0.390 e. The first-order valence-electron chi connectivity index (χ1n) is 5.19. The predicted octanol–water partition coefficient (Wildman–Crippen LogP) is 1.36.